The van der Waals surface area contributed by atoms with Gasteiger partial charge in [-0.05, 0) is 12.1 Å². The molecular weight excluding hydrogens is 185 g/mol. The number of nitrogens with zero attached hydrogens (tertiary/aromatic N) is 2. The van der Waals surface area contributed by atoms with E-state index in [4.69, 9.17) is 11.5 Å². The van der Waals surface area contributed by atoms with Gasteiger partial charge in [-0.2, -0.15) is 4.98 Å². The standard InChI is InChI=1S/C8H8FN5/c9-6-4(2-1-3-5(6)10)7-12-8(11)14-13-7/h1-3H,10H2,(H3,11,12,13,14). The molecule has 0 amide bonds. The van der Waals surface area contributed by atoms with Crippen molar-refractivity contribution in [2.45, 2.75) is 0 Å². The van der Waals surface area contributed by atoms with Gasteiger partial charge in [-0.15, -0.1) is 5.10 Å². The lowest BCUT2D eigenvalue weighted by Crippen LogP contribution is -1.94. The van der Waals surface area contributed by atoms with Crippen LogP contribution in [-0.4, -0.2) is 15.2 Å². The summed E-state index contributed by atoms with van der Waals surface area (Å²) in [7, 11) is 0. The number of halogens is 1. The maximum atomic E-state index is 13.4. The minimum Gasteiger partial charge on any atom is -0.396 e. The summed E-state index contributed by atoms with van der Waals surface area (Å²) in [5.74, 6) is -0.183. The number of anilines is 2. The second-order valence-corrected chi connectivity index (χ2v) is 2.75. The maximum absolute atomic E-state index is 13.4. The summed E-state index contributed by atoms with van der Waals surface area (Å²) >= 11 is 0. The van der Waals surface area contributed by atoms with Gasteiger partial charge >= 0.3 is 0 Å². The summed E-state index contributed by atoms with van der Waals surface area (Å²) in [5.41, 5.74) is 11.0. The molecule has 1 aromatic carbocycles. The van der Waals surface area contributed by atoms with E-state index in [0.29, 0.717) is 0 Å². The lowest BCUT2D eigenvalue weighted by atomic mass is 10.2. The molecule has 0 radical (unpaired) electrons. The van der Waals surface area contributed by atoms with Crippen molar-refractivity contribution < 1.29 is 4.39 Å². The van der Waals surface area contributed by atoms with Crippen LogP contribution in [0.1, 0.15) is 0 Å². The minimum absolute atomic E-state index is 0.0671. The van der Waals surface area contributed by atoms with Gasteiger partial charge in [-0.1, -0.05) is 6.07 Å². The van der Waals surface area contributed by atoms with Gasteiger partial charge in [0.2, 0.25) is 5.95 Å². The topological polar surface area (TPSA) is 93.6 Å². The van der Waals surface area contributed by atoms with Gasteiger partial charge in [-0.25, -0.2) is 4.39 Å². The number of nitrogen functional groups attached to an aromatic ring is 2. The number of hydrogen-bond donors (Lipinski definition) is 3. The molecule has 2 rings (SSSR count). The van der Waals surface area contributed by atoms with E-state index in [9.17, 15) is 4.39 Å². The number of nitrogens with one attached hydrogen (secondary N) is 1. The van der Waals surface area contributed by atoms with Crippen LogP contribution in [0.4, 0.5) is 16.0 Å². The fraction of sp³-hybridized carbons (Fsp3) is 0. The first-order valence-corrected chi connectivity index (χ1v) is 3.90. The number of nitrogens with two attached hydrogens (primary N) is 2. The number of rotatable bonds is 1. The van der Waals surface area contributed by atoms with Crippen molar-refractivity contribution in [1.29, 1.82) is 0 Å². The smallest absolute Gasteiger partial charge is 0.239 e. The highest BCUT2D eigenvalue weighted by molar-refractivity contribution is 5.62. The van der Waals surface area contributed by atoms with Crippen LogP contribution in [0, 0.1) is 5.82 Å². The first kappa shape index (κ1) is 8.49. The van der Waals surface area contributed by atoms with Crippen molar-refractivity contribution in [3.63, 3.8) is 0 Å². The third-order valence-corrected chi connectivity index (χ3v) is 1.79. The van der Waals surface area contributed by atoms with E-state index in [1.807, 2.05) is 0 Å². The molecule has 0 aliphatic heterocycles. The fourth-order valence-corrected chi connectivity index (χ4v) is 1.13. The molecule has 72 valence electrons. The zero-order chi connectivity index (χ0) is 10.1. The Labute approximate surface area is 79.0 Å². The number of aromatic nitrogens is 3. The highest BCUT2D eigenvalue weighted by atomic mass is 19.1. The van der Waals surface area contributed by atoms with Crippen LogP contribution in [0.15, 0.2) is 18.2 Å². The average Bonchev–Trinajstić information content (AvgIpc) is 2.57. The highest BCUT2D eigenvalue weighted by Gasteiger charge is 2.10. The number of aromatic amines is 1. The Hall–Kier alpha value is -2.11. The summed E-state index contributed by atoms with van der Waals surface area (Å²) in [6.45, 7) is 0. The molecule has 0 bridgehead atoms. The molecule has 0 atom stereocenters. The monoisotopic (exact) mass is 193 g/mol. The molecule has 0 saturated carbocycles. The molecule has 0 spiro atoms. The molecule has 5 N–H and O–H groups in total. The van der Waals surface area contributed by atoms with Crippen molar-refractivity contribution in [3.05, 3.63) is 24.0 Å². The Morgan fingerprint density at radius 2 is 2.07 bits per heavy atom. The normalized spacial score (nSPS) is 10.4. The van der Waals surface area contributed by atoms with E-state index in [-0.39, 0.29) is 23.0 Å². The van der Waals surface area contributed by atoms with Crippen molar-refractivity contribution in [3.8, 4) is 11.4 Å². The number of benzene rings is 1. The average molecular weight is 193 g/mol. The lowest BCUT2D eigenvalue weighted by Gasteiger charge is -2.00. The van der Waals surface area contributed by atoms with Crippen LogP contribution in [-0.2, 0) is 0 Å². The first-order valence-electron chi connectivity index (χ1n) is 3.90. The molecule has 2 aromatic rings. The molecule has 0 aliphatic carbocycles. The Bertz CT molecular complexity index is 465. The van der Waals surface area contributed by atoms with Gasteiger partial charge in [0.1, 0.15) is 0 Å². The molecule has 0 saturated heterocycles. The summed E-state index contributed by atoms with van der Waals surface area (Å²) in [6, 6.07) is 4.65. The Kier molecular flexibility index (Phi) is 1.81. The number of hydrogen-bond acceptors (Lipinski definition) is 4. The summed E-state index contributed by atoms with van der Waals surface area (Å²) in [6.07, 6.45) is 0. The third-order valence-electron chi connectivity index (χ3n) is 1.79. The maximum Gasteiger partial charge on any atom is 0.239 e. The Morgan fingerprint density at radius 3 is 2.71 bits per heavy atom. The highest BCUT2D eigenvalue weighted by Crippen LogP contribution is 2.23. The Balaban J connectivity index is 2.57. The van der Waals surface area contributed by atoms with Gasteiger partial charge < -0.3 is 11.5 Å². The SMILES string of the molecule is Nc1n[nH]c(-c2cccc(N)c2F)n1. The molecule has 0 fully saturated rings. The third kappa shape index (κ3) is 1.26. The summed E-state index contributed by atoms with van der Waals surface area (Å²) in [4.78, 5) is 3.80. The predicted octanol–water partition coefficient (Wildman–Crippen LogP) is 0.775. The number of H-pyrrole nitrogens is 1. The van der Waals surface area contributed by atoms with E-state index >= 15 is 0 Å². The predicted molar refractivity (Wildman–Crippen MR) is 50.6 cm³/mol. The van der Waals surface area contributed by atoms with E-state index in [1.54, 1.807) is 12.1 Å². The fourth-order valence-electron chi connectivity index (χ4n) is 1.13. The van der Waals surface area contributed by atoms with Crippen LogP contribution in [0.25, 0.3) is 11.4 Å². The van der Waals surface area contributed by atoms with E-state index in [1.165, 1.54) is 6.07 Å². The van der Waals surface area contributed by atoms with Gasteiger partial charge in [0, 0.05) is 0 Å². The van der Waals surface area contributed by atoms with Crippen LogP contribution in [0.5, 0.6) is 0 Å². The zero-order valence-electron chi connectivity index (χ0n) is 7.16. The van der Waals surface area contributed by atoms with Gasteiger partial charge in [0.25, 0.3) is 0 Å². The van der Waals surface area contributed by atoms with Gasteiger partial charge in [-0.3, -0.25) is 5.10 Å². The van der Waals surface area contributed by atoms with Crippen LogP contribution < -0.4 is 11.5 Å². The molecule has 14 heavy (non-hydrogen) atoms. The van der Waals surface area contributed by atoms with E-state index in [2.05, 4.69) is 15.2 Å². The minimum atomic E-state index is -0.524. The summed E-state index contributed by atoms with van der Waals surface area (Å²) < 4.78 is 13.4. The van der Waals surface area contributed by atoms with Crippen LogP contribution >= 0.6 is 0 Å². The molecule has 1 aromatic heterocycles. The Morgan fingerprint density at radius 1 is 1.29 bits per heavy atom. The largest absolute Gasteiger partial charge is 0.396 e. The lowest BCUT2D eigenvalue weighted by molar-refractivity contribution is 0.634. The molecule has 5 nitrogen and oxygen atoms in total. The van der Waals surface area contributed by atoms with Gasteiger partial charge in [0.05, 0.1) is 11.3 Å². The quantitative estimate of drug-likeness (QED) is 0.583. The molecular formula is C8H8FN5. The van der Waals surface area contributed by atoms with E-state index in [0.717, 1.165) is 0 Å². The van der Waals surface area contributed by atoms with Crippen molar-refractivity contribution in [2.75, 3.05) is 11.5 Å². The van der Waals surface area contributed by atoms with Crippen molar-refractivity contribution in [2.24, 2.45) is 0 Å². The second-order valence-electron chi connectivity index (χ2n) is 2.75. The van der Waals surface area contributed by atoms with Crippen LogP contribution in [0.3, 0.4) is 0 Å². The molecule has 0 unspecified atom stereocenters. The first-order chi connectivity index (χ1) is 6.68. The second kappa shape index (κ2) is 2.99. The molecule has 0 aliphatic rings. The zero-order valence-corrected chi connectivity index (χ0v) is 7.16. The summed E-state index contributed by atoms with van der Waals surface area (Å²) in [5, 5.41) is 6.11. The molecule has 6 heteroatoms. The molecule has 1 heterocycles. The van der Waals surface area contributed by atoms with Crippen molar-refractivity contribution >= 4 is 11.6 Å². The van der Waals surface area contributed by atoms with Gasteiger partial charge in [0.15, 0.2) is 11.6 Å². The van der Waals surface area contributed by atoms with Crippen molar-refractivity contribution in [1.82, 2.24) is 15.2 Å². The van der Waals surface area contributed by atoms with E-state index < -0.39 is 5.82 Å². The van der Waals surface area contributed by atoms with Crippen LogP contribution in [0.2, 0.25) is 0 Å².